The Labute approximate surface area is 235 Å². The van der Waals surface area contributed by atoms with Gasteiger partial charge in [-0.25, -0.2) is 0 Å². The summed E-state index contributed by atoms with van der Waals surface area (Å²) in [5.41, 5.74) is 0.817. The molecule has 2 unspecified atom stereocenters. The first-order valence-corrected chi connectivity index (χ1v) is 13.9. The summed E-state index contributed by atoms with van der Waals surface area (Å²) in [6.45, 7) is 8.73. The van der Waals surface area contributed by atoms with Crippen LogP contribution in [0.25, 0.3) is 0 Å². The minimum atomic E-state index is -1.11. The Kier molecular flexibility index (Phi) is 8.19. The predicted octanol–water partition coefficient (Wildman–Crippen LogP) is 2.78. The van der Waals surface area contributed by atoms with Crippen LogP contribution < -0.4 is 0 Å². The van der Waals surface area contributed by atoms with E-state index in [0.717, 1.165) is 11.1 Å². The van der Waals surface area contributed by atoms with E-state index in [2.05, 4.69) is 13.2 Å². The fourth-order valence-electron chi connectivity index (χ4n) is 6.83. The monoisotopic (exact) mass is 543 g/mol. The molecule has 3 aliphatic heterocycles. The van der Waals surface area contributed by atoms with Crippen LogP contribution in [0.4, 0.5) is 0 Å². The number of rotatable bonds is 12. The van der Waals surface area contributed by atoms with Crippen LogP contribution in [0.1, 0.15) is 24.0 Å². The maximum Gasteiger partial charge on any atom is 0.248 e. The van der Waals surface area contributed by atoms with Crippen molar-refractivity contribution in [3.8, 4) is 0 Å². The van der Waals surface area contributed by atoms with Gasteiger partial charge in [0.15, 0.2) is 0 Å². The molecule has 2 aromatic rings. The molecule has 3 aliphatic rings. The lowest BCUT2D eigenvalue weighted by atomic mass is 9.70. The van der Waals surface area contributed by atoms with Crippen LogP contribution in [-0.4, -0.2) is 81.5 Å². The van der Waals surface area contributed by atoms with Crippen LogP contribution in [0.2, 0.25) is 0 Å². The van der Waals surface area contributed by atoms with Gasteiger partial charge in [-0.1, -0.05) is 72.8 Å². The third-order valence-electron chi connectivity index (χ3n) is 8.41. The Morgan fingerprint density at radius 3 is 2.02 bits per heavy atom. The zero-order chi connectivity index (χ0) is 28.3. The molecule has 8 heteroatoms. The van der Waals surface area contributed by atoms with Crippen LogP contribution >= 0.6 is 0 Å². The van der Waals surface area contributed by atoms with Gasteiger partial charge in [-0.3, -0.25) is 14.4 Å². The molecule has 3 amide bonds. The molecule has 2 aromatic carbocycles. The average molecular weight is 544 g/mol. The second-order valence-corrected chi connectivity index (χ2v) is 10.8. The fraction of sp³-hybridized carbons (Fsp3) is 0.406. The Balaban J connectivity index is 1.47. The van der Waals surface area contributed by atoms with Crippen LogP contribution in [0.3, 0.4) is 0 Å². The molecule has 0 aromatic heterocycles. The van der Waals surface area contributed by atoms with Gasteiger partial charge in [-0.15, -0.1) is 13.2 Å². The lowest BCUT2D eigenvalue weighted by Gasteiger charge is -2.37. The van der Waals surface area contributed by atoms with Crippen molar-refractivity contribution in [2.24, 2.45) is 11.8 Å². The number of benzene rings is 2. The quantitative estimate of drug-likeness (QED) is 0.416. The van der Waals surface area contributed by atoms with Crippen LogP contribution in [-0.2, 0) is 32.2 Å². The summed E-state index contributed by atoms with van der Waals surface area (Å²) < 4.78 is 6.56. The highest BCUT2D eigenvalue weighted by Crippen LogP contribution is 2.59. The van der Waals surface area contributed by atoms with E-state index in [0.29, 0.717) is 39.0 Å². The third kappa shape index (κ3) is 4.86. The van der Waals surface area contributed by atoms with Crippen LogP contribution in [0.15, 0.2) is 86.0 Å². The maximum atomic E-state index is 14.3. The van der Waals surface area contributed by atoms with Gasteiger partial charge in [0.05, 0.1) is 24.5 Å². The minimum Gasteiger partial charge on any atom is -0.395 e. The molecule has 0 radical (unpaired) electrons. The van der Waals surface area contributed by atoms with Gasteiger partial charge in [0.1, 0.15) is 11.6 Å². The van der Waals surface area contributed by atoms with E-state index in [1.807, 2.05) is 60.7 Å². The summed E-state index contributed by atoms with van der Waals surface area (Å²) in [4.78, 5) is 47.2. The fourth-order valence-corrected chi connectivity index (χ4v) is 6.83. The molecule has 210 valence electrons. The Morgan fingerprint density at radius 2 is 1.50 bits per heavy atom. The van der Waals surface area contributed by atoms with Gasteiger partial charge in [-0.05, 0) is 24.0 Å². The van der Waals surface area contributed by atoms with Crippen molar-refractivity contribution in [3.05, 3.63) is 97.1 Å². The van der Waals surface area contributed by atoms with Gasteiger partial charge < -0.3 is 24.5 Å². The summed E-state index contributed by atoms with van der Waals surface area (Å²) in [5, 5.41) is 9.89. The molecule has 0 saturated carbocycles. The highest BCUT2D eigenvalue weighted by atomic mass is 16.5. The number of aliphatic hydroxyl groups excluding tert-OH is 1. The Hall–Kier alpha value is -3.75. The van der Waals surface area contributed by atoms with Gasteiger partial charge in [0.2, 0.25) is 17.7 Å². The van der Waals surface area contributed by atoms with Gasteiger partial charge >= 0.3 is 0 Å². The lowest BCUT2D eigenvalue weighted by molar-refractivity contribution is -0.149. The molecule has 8 nitrogen and oxygen atoms in total. The first-order chi connectivity index (χ1) is 19.4. The topological polar surface area (TPSA) is 90.4 Å². The summed E-state index contributed by atoms with van der Waals surface area (Å²) in [6, 6.07) is 18.4. The van der Waals surface area contributed by atoms with E-state index in [1.165, 1.54) is 4.90 Å². The SMILES string of the molecule is C=CCN(Cc1ccccc1)C(=O)C1N(CCO)C(=O)[C@@H]2[C@H](C(=O)N(CC=C)Cc3ccccc3)[C@@H]3CCC12O3. The second kappa shape index (κ2) is 11.8. The van der Waals surface area contributed by atoms with Crippen molar-refractivity contribution in [2.75, 3.05) is 26.2 Å². The normalized spacial score (nSPS) is 26.4. The standard InChI is InChI=1S/C32H37N3O5/c1-3-17-33(21-23-11-7-5-8-12-23)29(37)26-25-15-16-32(40-25)27(26)30(38)35(19-20-36)28(32)31(39)34(18-4-2)22-24-13-9-6-10-14-24/h3-14,25-28,36H,1-2,15-22H2/t25-,26+,27-,28?,32?/m0/s1. The van der Waals surface area contributed by atoms with Gasteiger partial charge in [0.25, 0.3) is 0 Å². The molecular formula is C32H37N3O5. The van der Waals surface area contributed by atoms with Gasteiger partial charge in [0, 0.05) is 32.7 Å². The molecule has 5 atom stereocenters. The summed E-state index contributed by atoms with van der Waals surface area (Å²) in [7, 11) is 0. The number of carbonyl (C=O) groups is 3. The molecule has 3 heterocycles. The van der Waals surface area contributed by atoms with E-state index >= 15 is 0 Å². The second-order valence-electron chi connectivity index (χ2n) is 10.8. The minimum absolute atomic E-state index is 0.00389. The number of hydrogen-bond donors (Lipinski definition) is 1. The Morgan fingerprint density at radius 1 is 0.950 bits per heavy atom. The van der Waals surface area contributed by atoms with Crippen molar-refractivity contribution in [1.82, 2.24) is 14.7 Å². The molecule has 3 saturated heterocycles. The first kappa shape index (κ1) is 27.8. The van der Waals surface area contributed by atoms with E-state index < -0.39 is 29.6 Å². The number of ether oxygens (including phenoxy) is 1. The number of carbonyl (C=O) groups excluding carboxylic acids is 3. The van der Waals surface area contributed by atoms with E-state index in [-0.39, 0.29) is 30.9 Å². The highest BCUT2D eigenvalue weighted by Gasteiger charge is 2.74. The number of β-amino-alcohol motifs (C(OH)–C–C–N with tert-alkyl or cyclic N) is 1. The first-order valence-electron chi connectivity index (χ1n) is 13.9. The van der Waals surface area contributed by atoms with Crippen LogP contribution in [0, 0.1) is 11.8 Å². The van der Waals surface area contributed by atoms with Crippen molar-refractivity contribution >= 4 is 17.7 Å². The number of nitrogens with zero attached hydrogens (tertiary/aromatic N) is 3. The molecule has 5 rings (SSSR count). The van der Waals surface area contributed by atoms with E-state index in [1.54, 1.807) is 22.0 Å². The van der Waals surface area contributed by atoms with Crippen LogP contribution in [0.5, 0.6) is 0 Å². The van der Waals surface area contributed by atoms with Crippen molar-refractivity contribution in [2.45, 2.75) is 43.7 Å². The molecule has 3 fully saturated rings. The zero-order valence-corrected chi connectivity index (χ0v) is 22.7. The third-order valence-corrected chi connectivity index (χ3v) is 8.41. The molecular weight excluding hydrogens is 506 g/mol. The van der Waals surface area contributed by atoms with Gasteiger partial charge in [-0.2, -0.15) is 0 Å². The number of fused-ring (bicyclic) bond motifs is 1. The number of amides is 3. The summed E-state index contributed by atoms with van der Waals surface area (Å²) in [5.74, 6) is -2.22. The summed E-state index contributed by atoms with van der Waals surface area (Å²) >= 11 is 0. The predicted molar refractivity (Wildman–Crippen MR) is 151 cm³/mol. The highest BCUT2D eigenvalue weighted by molar-refractivity contribution is 5.99. The zero-order valence-electron chi connectivity index (χ0n) is 22.7. The molecule has 40 heavy (non-hydrogen) atoms. The summed E-state index contributed by atoms with van der Waals surface area (Å²) in [6.07, 6.45) is 3.99. The molecule has 0 aliphatic carbocycles. The molecule has 1 spiro atoms. The maximum absolute atomic E-state index is 14.3. The molecule has 1 N–H and O–H groups in total. The van der Waals surface area contributed by atoms with Crippen molar-refractivity contribution < 1.29 is 24.2 Å². The average Bonchev–Trinajstić information content (AvgIpc) is 3.61. The number of hydrogen-bond acceptors (Lipinski definition) is 5. The smallest absolute Gasteiger partial charge is 0.248 e. The van der Waals surface area contributed by atoms with E-state index in [4.69, 9.17) is 4.74 Å². The van der Waals surface area contributed by atoms with Crippen molar-refractivity contribution in [3.63, 3.8) is 0 Å². The lowest BCUT2D eigenvalue weighted by Crippen LogP contribution is -2.56. The number of aliphatic hydroxyl groups is 1. The largest absolute Gasteiger partial charge is 0.395 e. The number of likely N-dealkylation sites (tertiary alicyclic amines) is 1. The van der Waals surface area contributed by atoms with E-state index in [9.17, 15) is 19.5 Å². The molecule has 2 bridgehead atoms. The Bertz CT molecular complexity index is 1250. The van der Waals surface area contributed by atoms with Crippen molar-refractivity contribution in [1.29, 1.82) is 0 Å².